The third-order valence-corrected chi connectivity index (χ3v) is 6.06. The van der Waals surface area contributed by atoms with E-state index in [1.165, 1.54) is 5.69 Å². The number of carbonyl (C=O) groups excluding carboxylic acids is 1. The fourth-order valence-electron chi connectivity index (χ4n) is 4.36. The lowest BCUT2D eigenvalue weighted by atomic mass is 9.79. The zero-order valence-electron chi connectivity index (χ0n) is 16.2. The molecular formula is C21H28N4O2. The number of pyridine rings is 1. The summed E-state index contributed by atoms with van der Waals surface area (Å²) in [5, 5.41) is 5.89. The summed E-state index contributed by atoms with van der Waals surface area (Å²) < 4.78 is 1.95. The third kappa shape index (κ3) is 3.90. The van der Waals surface area contributed by atoms with Crippen LogP contribution in [0.3, 0.4) is 0 Å². The molecule has 2 aliphatic rings. The lowest BCUT2D eigenvalue weighted by Crippen LogP contribution is -2.36. The summed E-state index contributed by atoms with van der Waals surface area (Å²) in [6.07, 6.45) is 9.69. The van der Waals surface area contributed by atoms with Crippen molar-refractivity contribution in [1.82, 2.24) is 19.8 Å². The molecule has 0 radical (unpaired) electrons. The largest absolute Gasteiger partial charge is 0.273 e. The lowest BCUT2D eigenvalue weighted by Gasteiger charge is -2.32. The van der Waals surface area contributed by atoms with E-state index in [2.05, 4.69) is 22.2 Å². The monoisotopic (exact) mass is 368 g/mol. The maximum Gasteiger partial charge on any atom is 0.249 e. The van der Waals surface area contributed by atoms with Gasteiger partial charge in [-0.3, -0.25) is 19.3 Å². The minimum atomic E-state index is -0.00207. The van der Waals surface area contributed by atoms with E-state index < -0.39 is 0 Å². The molecule has 2 aromatic rings. The Hall–Kier alpha value is -2.21. The predicted molar refractivity (Wildman–Crippen MR) is 101 cm³/mol. The van der Waals surface area contributed by atoms with Crippen LogP contribution >= 0.6 is 0 Å². The van der Waals surface area contributed by atoms with Crippen LogP contribution in [0.4, 0.5) is 0 Å². The SMILES string of the molecule is Cc1ccc([C@@H]2CCON2C(=O)C2CCC(Cc3ccnn3C)CC2)cn1. The second-order valence-corrected chi connectivity index (χ2v) is 7.90. The lowest BCUT2D eigenvalue weighted by molar-refractivity contribution is -0.183. The Bertz CT molecular complexity index is 778. The highest BCUT2D eigenvalue weighted by Gasteiger charge is 2.37. The summed E-state index contributed by atoms with van der Waals surface area (Å²) in [6.45, 7) is 2.57. The van der Waals surface area contributed by atoms with Crippen LogP contribution < -0.4 is 0 Å². The molecular weight excluding hydrogens is 340 g/mol. The van der Waals surface area contributed by atoms with Gasteiger partial charge in [-0.05, 0) is 62.6 Å². The fraction of sp³-hybridized carbons (Fsp3) is 0.571. The Balaban J connectivity index is 1.36. The number of rotatable bonds is 4. The van der Waals surface area contributed by atoms with E-state index in [1.54, 1.807) is 5.06 Å². The van der Waals surface area contributed by atoms with Gasteiger partial charge >= 0.3 is 0 Å². The molecule has 2 fully saturated rings. The number of aryl methyl sites for hydroxylation is 2. The Morgan fingerprint density at radius 3 is 2.67 bits per heavy atom. The first-order valence-corrected chi connectivity index (χ1v) is 9.97. The molecule has 0 unspecified atom stereocenters. The van der Waals surface area contributed by atoms with Crippen LogP contribution in [0.1, 0.15) is 55.1 Å². The summed E-state index contributed by atoms with van der Waals surface area (Å²) in [5.41, 5.74) is 3.33. The van der Waals surface area contributed by atoms with Gasteiger partial charge < -0.3 is 0 Å². The van der Waals surface area contributed by atoms with Gasteiger partial charge in [0, 0.05) is 43.2 Å². The topological polar surface area (TPSA) is 60.2 Å². The summed E-state index contributed by atoms with van der Waals surface area (Å²) in [6, 6.07) is 6.15. The van der Waals surface area contributed by atoms with Crippen LogP contribution in [0.25, 0.3) is 0 Å². The normalized spacial score (nSPS) is 25.7. The first kappa shape index (κ1) is 18.2. The smallest absolute Gasteiger partial charge is 0.249 e. The van der Waals surface area contributed by atoms with E-state index in [-0.39, 0.29) is 17.9 Å². The van der Waals surface area contributed by atoms with E-state index in [0.29, 0.717) is 12.5 Å². The number of hydroxylamine groups is 2. The van der Waals surface area contributed by atoms with Crippen LogP contribution in [-0.4, -0.2) is 32.3 Å². The van der Waals surface area contributed by atoms with Gasteiger partial charge in [0.05, 0.1) is 12.6 Å². The highest BCUT2D eigenvalue weighted by molar-refractivity contribution is 5.78. The van der Waals surface area contributed by atoms with Gasteiger partial charge in [-0.15, -0.1) is 0 Å². The highest BCUT2D eigenvalue weighted by atomic mass is 16.7. The molecule has 1 aliphatic heterocycles. The minimum Gasteiger partial charge on any atom is -0.273 e. The van der Waals surface area contributed by atoms with Crippen molar-refractivity contribution in [2.75, 3.05) is 6.61 Å². The summed E-state index contributed by atoms with van der Waals surface area (Å²) in [7, 11) is 2.00. The van der Waals surface area contributed by atoms with Gasteiger partial charge in [0.1, 0.15) is 0 Å². The van der Waals surface area contributed by atoms with Gasteiger partial charge in [-0.25, -0.2) is 5.06 Å². The molecule has 1 atom stereocenters. The van der Waals surface area contributed by atoms with Crippen molar-refractivity contribution in [2.24, 2.45) is 18.9 Å². The molecule has 6 nitrogen and oxygen atoms in total. The number of amides is 1. The fourth-order valence-corrected chi connectivity index (χ4v) is 4.36. The van der Waals surface area contributed by atoms with Crippen LogP contribution in [0.5, 0.6) is 0 Å². The Morgan fingerprint density at radius 2 is 2.00 bits per heavy atom. The van der Waals surface area contributed by atoms with Crippen LogP contribution in [0.15, 0.2) is 30.6 Å². The molecule has 1 saturated carbocycles. The number of carbonyl (C=O) groups is 1. The number of aromatic nitrogens is 3. The zero-order valence-corrected chi connectivity index (χ0v) is 16.2. The minimum absolute atomic E-state index is 0.00207. The number of hydrogen-bond acceptors (Lipinski definition) is 4. The van der Waals surface area contributed by atoms with Crippen molar-refractivity contribution in [2.45, 2.75) is 51.5 Å². The number of hydrogen-bond donors (Lipinski definition) is 0. The summed E-state index contributed by atoms with van der Waals surface area (Å²) in [5.74, 6) is 0.866. The van der Waals surface area contributed by atoms with Gasteiger partial charge in [0.25, 0.3) is 0 Å². The van der Waals surface area contributed by atoms with Crippen molar-refractivity contribution in [3.63, 3.8) is 0 Å². The quantitative estimate of drug-likeness (QED) is 0.830. The second-order valence-electron chi connectivity index (χ2n) is 7.90. The van der Waals surface area contributed by atoms with E-state index >= 15 is 0 Å². The molecule has 0 spiro atoms. The van der Waals surface area contributed by atoms with E-state index in [4.69, 9.17) is 4.84 Å². The highest BCUT2D eigenvalue weighted by Crippen LogP contribution is 2.36. The molecule has 0 bridgehead atoms. The zero-order chi connectivity index (χ0) is 18.8. The molecule has 144 valence electrons. The van der Waals surface area contributed by atoms with Crippen LogP contribution in [-0.2, 0) is 23.1 Å². The van der Waals surface area contributed by atoms with Crippen molar-refractivity contribution in [3.8, 4) is 0 Å². The number of nitrogens with zero attached hydrogens (tertiary/aromatic N) is 4. The molecule has 4 rings (SSSR count). The first-order chi connectivity index (χ1) is 13.1. The second kappa shape index (κ2) is 7.80. The van der Waals surface area contributed by atoms with E-state index in [0.717, 1.165) is 49.8 Å². The molecule has 1 aliphatic carbocycles. The Morgan fingerprint density at radius 1 is 1.19 bits per heavy atom. The van der Waals surface area contributed by atoms with Crippen molar-refractivity contribution in [1.29, 1.82) is 0 Å². The average Bonchev–Trinajstić information content (AvgIpc) is 3.32. The molecule has 0 aromatic carbocycles. The molecule has 6 heteroatoms. The van der Waals surface area contributed by atoms with Crippen LogP contribution in [0, 0.1) is 18.8 Å². The van der Waals surface area contributed by atoms with Gasteiger partial charge in [-0.1, -0.05) is 6.07 Å². The van der Waals surface area contributed by atoms with Crippen molar-refractivity contribution < 1.29 is 9.63 Å². The standard InChI is InChI=1S/C21H28N4O2/c1-15-3-6-18(14-22-15)20-10-12-27-25(20)21(26)17-7-4-16(5-8-17)13-19-9-11-23-24(19)2/h3,6,9,11,14,16-17,20H,4-5,7-8,10,12-13H2,1-2H3/t16?,17?,20-/m0/s1. The van der Waals surface area contributed by atoms with E-state index in [9.17, 15) is 4.79 Å². The summed E-state index contributed by atoms with van der Waals surface area (Å²) in [4.78, 5) is 23.2. The third-order valence-electron chi connectivity index (χ3n) is 6.06. The maximum atomic E-state index is 13.1. The predicted octanol–water partition coefficient (Wildman–Crippen LogP) is 3.38. The maximum absolute atomic E-state index is 13.1. The average molecular weight is 368 g/mol. The van der Waals surface area contributed by atoms with Gasteiger partial charge in [0.15, 0.2) is 0 Å². The van der Waals surface area contributed by atoms with Gasteiger partial charge in [0.2, 0.25) is 5.91 Å². The molecule has 27 heavy (non-hydrogen) atoms. The summed E-state index contributed by atoms with van der Waals surface area (Å²) >= 11 is 0. The van der Waals surface area contributed by atoms with Crippen molar-refractivity contribution in [3.05, 3.63) is 47.5 Å². The molecule has 1 saturated heterocycles. The molecule has 1 amide bonds. The Kier molecular flexibility index (Phi) is 5.25. The van der Waals surface area contributed by atoms with Gasteiger partial charge in [-0.2, -0.15) is 5.10 Å². The van der Waals surface area contributed by atoms with E-state index in [1.807, 2.05) is 37.1 Å². The van der Waals surface area contributed by atoms with Crippen LogP contribution in [0.2, 0.25) is 0 Å². The Labute approximate surface area is 160 Å². The van der Waals surface area contributed by atoms with Crippen molar-refractivity contribution >= 4 is 5.91 Å². The molecule has 2 aromatic heterocycles. The molecule has 3 heterocycles. The first-order valence-electron chi connectivity index (χ1n) is 9.97. The molecule has 0 N–H and O–H groups in total.